The van der Waals surface area contributed by atoms with E-state index in [1.165, 1.54) is 20.2 Å². The van der Waals surface area contributed by atoms with Gasteiger partial charge in [-0.1, -0.05) is 36.4 Å². The van der Waals surface area contributed by atoms with Gasteiger partial charge in [-0.25, -0.2) is 17.5 Å². The molecule has 0 saturated heterocycles. The van der Waals surface area contributed by atoms with Crippen LogP contribution in [0.3, 0.4) is 0 Å². The molecule has 2 aromatic carbocycles. The van der Waals surface area contributed by atoms with Crippen LogP contribution in [0.5, 0.6) is 0 Å². The van der Waals surface area contributed by atoms with E-state index in [0.717, 1.165) is 15.3 Å². The van der Waals surface area contributed by atoms with Gasteiger partial charge in [0.05, 0.1) is 10.9 Å². The minimum atomic E-state index is -3.59. The summed E-state index contributed by atoms with van der Waals surface area (Å²) in [7, 11) is -0.643. The molecule has 148 valence electrons. The molecule has 0 aliphatic heterocycles. The molecule has 0 radical (unpaired) electrons. The van der Waals surface area contributed by atoms with Crippen molar-refractivity contribution in [2.75, 3.05) is 14.1 Å². The van der Waals surface area contributed by atoms with E-state index in [4.69, 9.17) is 4.42 Å². The van der Waals surface area contributed by atoms with Crippen molar-refractivity contribution in [3.63, 3.8) is 0 Å². The van der Waals surface area contributed by atoms with Crippen molar-refractivity contribution in [1.82, 2.24) is 14.9 Å². The summed E-state index contributed by atoms with van der Waals surface area (Å²) in [4.78, 5) is 12.5. The number of furan rings is 1. The van der Waals surface area contributed by atoms with Crippen LogP contribution in [-0.4, -0.2) is 32.8 Å². The Morgan fingerprint density at radius 2 is 1.79 bits per heavy atom. The summed E-state index contributed by atoms with van der Waals surface area (Å²) in [5.74, 6) is 0.645. The fraction of sp³-hybridized carbons (Fsp3) is 0.250. The topological polar surface area (TPSA) is 91.7 Å². The number of rotatable bonds is 6. The third-order valence-corrected chi connectivity index (χ3v) is 6.31. The van der Waals surface area contributed by atoms with Gasteiger partial charge in [-0.3, -0.25) is 0 Å². The number of benzene rings is 2. The van der Waals surface area contributed by atoms with Crippen LogP contribution in [0.25, 0.3) is 11.0 Å². The number of nitrogens with one attached hydrogen (secondary N) is 2. The van der Waals surface area contributed by atoms with E-state index in [0.29, 0.717) is 11.3 Å². The summed E-state index contributed by atoms with van der Waals surface area (Å²) in [6.07, 6.45) is 0. The zero-order chi connectivity index (χ0) is 20.3. The maximum absolute atomic E-state index is 12.4. The number of nitrogens with zero attached hydrogens (tertiary/aromatic N) is 1. The third-order valence-electron chi connectivity index (χ3n) is 4.39. The molecular formula is C20H23N3O4S. The van der Waals surface area contributed by atoms with Gasteiger partial charge in [0, 0.05) is 26.0 Å². The van der Waals surface area contributed by atoms with Gasteiger partial charge in [0.15, 0.2) is 0 Å². The highest BCUT2D eigenvalue weighted by molar-refractivity contribution is 7.89. The number of sulfonamides is 1. The zero-order valence-electron chi connectivity index (χ0n) is 16.0. The molecule has 0 unspecified atom stereocenters. The van der Waals surface area contributed by atoms with Crippen LogP contribution in [0, 0.1) is 0 Å². The number of carbonyl (C=O) groups is 1. The Bertz CT molecular complexity index is 1060. The van der Waals surface area contributed by atoms with Gasteiger partial charge in [-0.2, -0.15) is 0 Å². The molecule has 0 saturated carbocycles. The Morgan fingerprint density at radius 3 is 2.50 bits per heavy atom. The van der Waals surface area contributed by atoms with Crippen molar-refractivity contribution >= 4 is 27.0 Å². The van der Waals surface area contributed by atoms with Crippen molar-refractivity contribution in [2.45, 2.75) is 24.4 Å². The van der Waals surface area contributed by atoms with Crippen LogP contribution in [0.1, 0.15) is 24.3 Å². The highest BCUT2D eigenvalue weighted by Gasteiger charge is 2.21. The Morgan fingerprint density at radius 1 is 1.11 bits per heavy atom. The first-order valence-corrected chi connectivity index (χ1v) is 10.3. The Labute approximate surface area is 164 Å². The predicted octanol–water partition coefficient (Wildman–Crippen LogP) is 3.24. The smallest absolute Gasteiger partial charge is 0.315 e. The summed E-state index contributed by atoms with van der Waals surface area (Å²) in [6, 6.07) is 15.4. The second-order valence-corrected chi connectivity index (χ2v) is 8.75. The largest absolute Gasteiger partial charge is 0.459 e. The van der Waals surface area contributed by atoms with Crippen molar-refractivity contribution in [1.29, 1.82) is 0 Å². The van der Waals surface area contributed by atoms with Gasteiger partial charge in [-0.15, -0.1) is 0 Å². The third kappa shape index (κ3) is 4.18. The number of fused-ring (bicyclic) bond motifs is 1. The second kappa shape index (κ2) is 8.04. The average molecular weight is 401 g/mol. The lowest BCUT2D eigenvalue weighted by molar-refractivity contribution is 0.236. The zero-order valence-corrected chi connectivity index (χ0v) is 16.8. The molecule has 1 atom stereocenters. The highest BCUT2D eigenvalue weighted by Crippen LogP contribution is 2.23. The summed E-state index contributed by atoms with van der Waals surface area (Å²) in [5.41, 5.74) is 1.28. The van der Waals surface area contributed by atoms with Crippen LogP contribution in [0.2, 0.25) is 0 Å². The van der Waals surface area contributed by atoms with Crippen LogP contribution in [-0.2, 0) is 16.6 Å². The summed E-state index contributed by atoms with van der Waals surface area (Å²) < 4.78 is 31.8. The number of para-hydroxylation sites is 1. The molecule has 0 spiro atoms. The van der Waals surface area contributed by atoms with Crippen LogP contribution in [0.4, 0.5) is 4.79 Å². The summed E-state index contributed by atoms with van der Waals surface area (Å²) in [5, 5.41) is 6.48. The second-order valence-electron chi connectivity index (χ2n) is 6.63. The molecule has 0 aliphatic carbocycles. The number of hydrogen-bond donors (Lipinski definition) is 2. The van der Waals surface area contributed by atoms with Gasteiger partial charge in [0.25, 0.3) is 0 Å². The molecule has 1 heterocycles. The molecule has 3 aromatic rings. The Kier molecular flexibility index (Phi) is 5.71. The Hall–Kier alpha value is -2.84. The number of amides is 2. The predicted molar refractivity (Wildman–Crippen MR) is 107 cm³/mol. The van der Waals surface area contributed by atoms with E-state index in [-0.39, 0.29) is 17.5 Å². The summed E-state index contributed by atoms with van der Waals surface area (Å²) >= 11 is 0. The van der Waals surface area contributed by atoms with E-state index < -0.39 is 16.1 Å². The number of carbonyl (C=O) groups excluding carboxylic acids is 1. The first kappa shape index (κ1) is 19.9. The van der Waals surface area contributed by atoms with Crippen molar-refractivity contribution < 1.29 is 17.6 Å². The molecule has 0 fully saturated rings. The lowest BCUT2D eigenvalue weighted by Gasteiger charge is -2.16. The molecule has 2 N–H and O–H groups in total. The molecule has 0 bridgehead atoms. The normalized spacial score (nSPS) is 12.9. The SMILES string of the molecule is C[C@H](NC(=O)NCc1ccccc1S(=O)(=O)N(C)C)c1cc2ccccc2o1. The van der Waals surface area contributed by atoms with E-state index in [1.54, 1.807) is 18.2 Å². The molecule has 7 nitrogen and oxygen atoms in total. The lowest BCUT2D eigenvalue weighted by atomic mass is 10.2. The molecule has 3 rings (SSSR count). The van der Waals surface area contributed by atoms with Crippen LogP contribution < -0.4 is 10.6 Å². The van der Waals surface area contributed by atoms with Gasteiger partial charge in [0.2, 0.25) is 10.0 Å². The fourth-order valence-corrected chi connectivity index (χ4v) is 3.92. The first-order valence-electron chi connectivity index (χ1n) is 8.82. The molecule has 0 aliphatic rings. The van der Waals surface area contributed by atoms with E-state index in [9.17, 15) is 13.2 Å². The molecule has 28 heavy (non-hydrogen) atoms. The lowest BCUT2D eigenvalue weighted by Crippen LogP contribution is -2.37. The maximum atomic E-state index is 12.4. The molecular weight excluding hydrogens is 378 g/mol. The van der Waals surface area contributed by atoms with Gasteiger partial charge in [-0.05, 0) is 30.7 Å². The van der Waals surface area contributed by atoms with Crippen molar-refractivity contribution in [2.24, 2.45) is 0 Å². The van der Waals surface area contributed by atoms with Crippen LogP contribution >= 0.6 is 0 Å². The quantitative estimate of drug-likeness (QED) is 0.663. The maximum Gasteiger partial charge on any atom is 0.315 e. The van der Waals surface area contributed by atoms with Crippen molar-refractivity contribution in [3.05, 3.63) is 65.9 Å². The standard InChI is InChI=1S/C20H23N3O4S/c1-14(18-12-15-8-4-6-10-17(15)27-18)22-20(24)21-13-16-9-5-7-11-19(16)28(25,26)23(2)3/h4-12,14H,13H2,1-3H3,(H2,21,22,24)/t14-/m0/s1. The molecule has 1 aromatic heterocycles. The van der Waals surface area contributed by atoms with E-state index in [1.807, 2.05) is 37.3 Å². The monoisotopic (exact) mass is 401 g/mol. The number of urea groups is 1. The average Bonchev–Trinajstić information content (AvgIpc) is 3.11. The van der Waals surface area contributed by atoms with Gasteiger partial charge >= 0.3 is 6.03 Å². The van der Waals surface area contributed by atoms with E-state index in [2.05, 4.69) is 10.6 Å². The number of hydrogen-bond acceptors (Lipinski definition) is 4. The van der Waals surface area contributed by atoms with Gasteiger partial charge in [0.1, 0.15) is 11.3 Å². The Balaban J connectivity index is 1.66. The molecule has 2 amide bonds. The van der Waals surface area contributed by atoms with Gasteiger partial charge < -0.3 is 15.1 Å². The minimum Gasteiger partial charge on any atom is -0.459 e. The van der Waals surface area contributed by atoms with Crippen LogP contribution in [0.15, 0.2) is 63.9 Å². The first-order chi connectivity index (χ1) is 13.3. The summed E-state index contributed by atoms with van der Waals surface area (Å²) in [6.45, 7) is 1.91. The molecule has 8 heteroatoms. The highest BCUT2D eigenvalue weighted by atomic mass is 32.2. The van der Waals surface area contributed by atoms with E-state index >= 15 is 0 Å². The van der Waals surface area contributed by atoms with Crippen molar-refractivity contribution in [3.8, 4) is 0 Å². The fourth-order valence-electron chi connectivity index (χ4n) is 2.81. The minimum absolute atomic E-state index is 0.0852.